The Morgan fingerprint density at radius 1 is 1.44 bits per heavy atom. The van der Waals surface area contributed by atoms with Crippen LogP contribution < -0.4 is 0 Å². The molecule has 1 rings (SSSR count). The number of carbonyl (C=O) groups is 1. The maximum Gasteiger partial charge on any atom is 0.307 e. The Kier molecular flexibility index (Phi) is 4.43. The number of carboxylic acids is 1. The largest absolute Gasteiger partial charge is 0.481 e. The lowest BCUT2D eigenvalue weighted by Crippen LogP contribution is -2.03. The van der Waals surface area contributed by atoms with Gasteiger partial charge in [-0.2, -0.15) is 0 Å². The number of aliphatic carboxylic acids is 1. The van der Waals surface area contributed by atoms with Crippen molar-refractivity contribution in [3.63, 3.8) is 0 Å². The van der Waals surface area contributed by atoms with Gasteiger partial charge in [0.05, 0.1) is 5.92 Å². The molecule has 0 radical (unpaired) electrons. The average molecular weight is 245 g/mol. The van der Waals surface area contributed by atoms with Gasteiger partial charge in [-0.3, -0.25) is 4.79 Å². The monoisotopic (exact) mass is 244 g/mol. The Morgan fingerprint density at radius 3 is 2.50 bits per heavy atom. The molecule has 3 heteroatoms. The molecular formula is C13H21ClO2. The average Bonchev–Trinajstić information content (AvgIpc) is 2.68. The van der Waals surface area contributed by atoms with Gasteiger partial charge in [0, 0.05) is 5.03 Å². The first-order chi connectivity index (χ1) is 7.41. The van der Waals surface area contributed by atoms with Gasteiger partial charge < -0.3 is 5.11 Å². The zero-order valence-electron chi connectivity index (χ0n) is 10.3. The first-order valence-corrected chi connectivity index (χ1v) is 6.38. The van der Waals surface area contributed by atoms with Gasteiger partial charge in [-0.15, -0.1) is 0 Å². The Balaban J connectivity index is 2.48. The van der Waals surface area contributed by atoms with Crippen molar-refractivity contribution in [2.45, 2.75) is 46.5 Å². The van der Waals surface area contributed by atoms with Crippen LogP contribution in [-0.2, 0) is 4.79 Å². The molecule has 2 unspecified atom stereocenters. The van der Waals surface area contributed by atoms with E-state index < -0.39 is 5.97 Å². The maximum absolute atomic E-state index is 11.0. The number of halogens is 1. The van der Waals surface area contributed by atoms with Crippen LogP contribution in [0, 0.1) is 17.3 Å². The molecule has 1 aliphatic rings. The molecular weight excluding hydrogens is 224 g/mol. The highest BCUT2D eigenvalue weighted by Crippen LogP contribution is 2.59. The molecule has 16 heavy (non-hydrogen) atoms. The zero-order valence-corrected chi connectivity index (χ0v) is 11.0. The summed E-state index contributed by atoms with van der Waals surface area (Å²) < 4.78 is 0. The van der Waals surface area contributed by atoms with Crippen molar-refractivity contribution in [1.82, 2.24) is 0 Å². The van der Waals surface area contributed by atoms with E-state index in [0.717, 1.165) is 17.9 Å². The fourth-order valence-electron chi connectivity index (χ4n) is 2.28. The number of allylic oxidation sites excluding steroid dienone is 2. The molecule has 1 saturated carbocycles. The van der Waals surface area contributed by atoms with Crippen LogP contribution in [0.15, 0.2) is 11.1 Å². The van der Waals surface area contributed by atoms with Gasteiger partial charge in [-0.05, 0) is 24.2 Å². The van der Waals surface area contributed by atoms with Gasteiger partial charge in [-0.1, -0.05) is 51.3 Å². The number of hydrogen-bond acceptors (Lipinski definition) is 1. The first-order valence-electron chi connectivity index (χ1n) is 6.00. The summed E-state index contributed by atoms with van der Waals surface area (Å²) in [5, 5.41) is 9.84. The molecule has 0 aromatic heterocycles. The smallest absolute Gasteiger partial charge is 0.307 e. The van der Waals surface area contributed by atoms with E-state index in [4.69, 9.17) is 16.7 Å². The second-order valence-electron chi connectivity index (χ2n) is 5.23. The minimum atomic E-state index is -0.704. The van der Waals surface area contributed by atoms with Crippen LogP contribution in [0.3, 0.4) is 0 Å². The molecule has 92 valence electrons. The van der Waals surface area contributed by atoms with Crippen molar-refractivity contribution in [2.24, 2.45) is 17.3 Å². The van der Waals surface area contributed by atoms with Gasteiger partial charge in [-0.25, -0.2) is 0 Å². The third-order valence-corrected chi connectivity index (χ3v) is 3.87. The normalized spacial score (nSPS) is 27.9. The number of unbranched alkanes of at least 4 members (excludes halogenated alkanes) is 2. The summed E-state index contributed by atoms with van der Waals surface area (Å²) in [4.78, 5) is 11.0. The lowest BCUT2D eigenvalue weighted by Gasteiger charge is -2.00. The quantitative estimate of drug-likeness (QED) is 0.716. The Labute approximate surface area is 103 Å². The Morgan fingerprint density at radius 2 is 2.06 bits per heavy atom. The van der Waals surface area contributed by atoms with E-state index in [2.05, 4.69) is 6.92 Å². The number of carboxylic acid groups (broad SMARTS) is 1. The second-order valence-corrected chi connectivity index (χ2v) is 5.72. The molecule has 0 spiro atoms. The lowest BCUT2D eigenvalue weighted by molar-refractivity contribution is -0.139. The maximum atomic E-state index is 11.0. The predicted molar refractivity (Wildman–Crippen MR) is 66.5 cm³/mol. The fraction of sp³-hybridized carbons (Fsp3) is 0.769. The van der Waals surface area contributed by atoms with Crippen LogP contribution in [0.5, 0.6) is 0 Å². The third kappa shape index (κ3) is 3.00. The molecule has 0 aromatic carbocycles. The van der Waals surface area contributed by atoms with Crippen LogP contribution in [0.25, 0.3) is 0 Å². The SMILES string of the molecule is CCCCCC(Cl)=CC1C(C(=O)O)C1(C)C. The van der Waals surface area contributed by atoms with Gasteiger partial charge >= 0.3 is 5.97 Å². The second kappa shape index (κ2) is 5.22. The number of hydrogen-bond donors (Lipinski definition) is 1. The number of rotatable bonds is 6. The van der Waals surface area contributed by atoms with Crippen LogP contribution >= 0.6 is 11.6 Å². The standard InChI is InChI=1S/C13H21ClO2/c1-4-5-6-7-9(14)8-10-11(12(15)16)13(10,2)3/h8,10-11H,4-7H2,1-3H3,(H,15,16). The van der Waals surface area contributed by atoms with E-state index in [0.29, 0.717) is 0 Å². The van der Waals surface area contributed by atoms with Crippen molar-refractivity contribution in [1.29, 1.82) is 0 Å². The van der Waals surface area contributed by atoms with Gasteiger partial charge in [0.1, 0.15) is 0 Å². The van der Waals surface area contributed by atoms with E-state index in [1.807, 2.05) is 19.9 Å². The summed E-state index contributed by atoms with van der Waals surface area (Å²) in [6.07, 6.45) is 6.29. The van der Waals surface area contributed by atoms with Gasteiger partial charge in [0.2, 0.25) is 0 Å². The minimum absolute atomic E-state index is 0.110. The molecule has 2 nitrogen and oxygen atoms in total. The van der Waals surface area contributed by atoms with Crippen LogP contribution in [0.4, 0.5) is 0 Å². The molecule has 0 aromatic rings. The molecule has 0 bridgehead atoms. The zero-order chi connectivity index (χ0) is 12.3. The fourth-order valence-corrected chi connectivity index (χ4v) is 2.55. The molecule has 1 N–H and O–H groups in total. The molecule has 0 heterocycles. The predicted octanol–water partition coefficient (Wildman–Crippen LogP) is 4.05. The van der Waals surface area contributed by atoms with Crippen molar-refractivity contribution >= 4 is 17.6 Å². The van der Waals surface area contributed by atoms with Gasteiger partial charge in [0.25, 0.3) is 0 Å². The molecule has 2 atom stereocenters. The summed E-state index contributed by atoms with van der Waals surface area (Å²) in [5.41, 5.74) is -0.128. The van der Waals surface area contributed by atoms with Crippen molar-refractivity contribution < 1.29 is 9.90 Å². The summed E-state index contributed by atoms with van der Waals surface area (Å²) in [5.74, 6) is -0.851. The van der Waals surface area contributed by atoms with Gasteiger partial charge in [0.15, 0.2) is 0 Å². The van der Waals surface area contributed by atoms with Crippen LogP contribution in [0.2, 0.25) is 0 Å². The lowest BCUT2D eigenvalue weighted by atomic mass is 10.1. The van der Waals surface area contributed by atoms with E-state index in [1.54, 1.807) is 0 Å². The highest BCUT2D eigenvalue weighted by molar-refractivity contribution is 6.29. The Hall–Kier alpha value is -0.500. The summed E-state index contributed by atoms with van der Waals surface area (Å²) in [6.45, 7) is 6.13. The Bertz CT molecular complexity index is 294. The van der Waals surface area contributed by atoms with Crippen molar-refractivity contribution in [2.75, 3.05) is 0 Å². The molecule has 0 aliphatic heterocycles. The van der Waals surface area contributed by atoms with E-state index in [9.17, 15) is 4.79 Å². The summed E-state index contributed by atoms with van der Waals surface area (Å²) in [6, 6.07) is 0. The molecule has 1 fully saturated rings. The van der Waals surface area contributed by atoms with E-state index in [1.165, 1.54) is 12.8 Å². The van der Waals surface area contributed by atoms with Crippen molar-refractivity contribution in [3.05, 3.63) is 11.1 Å². The van der Waals surface area contributed by atoms with E-state index >= 15 is 0 Å². The first kappa shape index (κ1) is 13.6. The molecule has 1 aliphatic carbocycles. The summed E-state index contributed by atoms with van der Waals surface area (Å²) in [7, 11) is 0. The van der Waals surface area contributed by atoms with Crippen LogP contribution in [-0.4, -0.2) is 11.1 Å². The third-order valence-electron chi connectivity index (χ3n) is 3.56. The molecule has 0 amide bonds. The highest BCUT2D eigenvalue weighted by atomic mass is 35.5. The minimum Gasteiger partial charge on any atom is -0.481 e. The van der Waals surface area contributed by atoms with Crippen molar-refractivity contribution in [3.8, 4) is 0 Å². The van der Waals surface area contributed by atoms with E-state index in [-0.39, 0.29) is 17.3 Å². The molecule has 0 saturated heterocycles. The topological polar surface area (TPSA) is 37.3 Å². The van der Waals surface area contributed by atoms with Crippen LogP contribution in [0.1, 0.15) is 46.5 Å². The highest BCUT2D eigenvalue weighted by Gasteiger charge is 2.60. The summed E-state index contributed by atoms with van der Waals surface area (Å²) >= 11 is 6.12.